The smallest absolute Gasteiger partial charge is 0.314 e. The SMILES string of the molecule is COC(=O)C1c2ccccc2NCC1N. The van der Waals surface area contributed by atoms with Crippen LogP contribution < -0.4 is 11.1 Å². The monoisotopic (exact) mass is 206 g/mol. The van der Waals surface area contributed by atoms with Gasteiger partial charge in [0.25, 0.3) is 0 Å². The molecule has 4 nitrogen and oxygen atoms in total. The molecular formula is C11H14N2O2. The number of hydrogen-bond acceptors (Lipinski definition) is 4. The predicted octanol–water partition coefficient (Wildman–Crippen LogP) is 0.696. The van der Waals surface area contributed by atoms with E-state index in [1.165, 1.54) is 7.11 Å². The van der Waals surface area contributed by atoms with Gasteiger partial charge in [0.2, 0.25) is 0 Å². The highest BCUT2D eigenvalue weighted by Crippen LogP contribution is 2.31. The maximum absolute atomic E-state index is 11.6. The highest BCUT2D eigenvalue weighted by molar-refractivity contribution is 5.82. The topological polar surface area (TPSA) is 64.3 Å². The molecule has 0 amide bonds. The van der Waals surface area contributed by atoms with Crippen LogP contribution in [0.1, 0.15) is 11.5 Å². The Balaban J connectivity index is 2.41. The molecule has 3 N–H and O–H groups in total. The molecule has 80 valence electrons. The number of carbonyl (C=O) groups excluding carboxylic acids is 1. The summed E-state index contributed by atoms with van der Waals surface area (Å²) in [5, 5.41) is 3.19. The van der Waals surface area contributed by atoms with Crippen LogP contribution in [-0.2, 0) is 9.53 Å². The molecule has 1 aliphatic heterocycles. The van der Waals surface area contributed by atoms with Gasteiger partial charge in [-0.25, -0.2) is 0 Å². The number of carbonyl (C=O) groups is 1. The molecule has 2 rings (SSSR count). The van der Waals surface area contributed by atoms with Crippen LogP contribution in [0.25, 0.3) is 0 Å². The summed E-state index contributed by atoms with van der Waals surface area (Å²) >= 11 is 0. The zero-order valence-electron chi connectivity index (χ0n) is 8.57. The van der Waals surface area contributed by atoms with Gasteiger partial charge in [-0.05, 0) is 11.6 Å². The first-order chi connectivity index (χ1) is 7.24. The summed E-state index contributed by atoms with van der Waals surface area (Å²) in [5.41, 5.74) is 7.79. The van der Waals surface area contributed by atoms with E-state index in [2.05, 4.69) is 5.32 Å². The zero-order chi connectivity index (χ0) is 10.8. The highest BCUT2D eigenvalue weighted by atomic mass is 16.5. The lowest BCUT2D eigenvalue weighted by molar-refractivity contribution is -0.142. The van der Waals surface area contributed by atoms with Gasteiger partial charge in [0.15, 0.2) is 0 Å². The molecule has 2 unspecified atom stereocenters. The molecule has 0 fully saturated rings. The van der Waals surface area contributed by atoms with Gasteiger partial charge in [0.05, 0.1) is 7.11 Å². The van der Waals surface area contributed by atoms with Crippen molar-refractivity contribution in [2.24, 2.45) is 5.73 Å². The Labute approximate surface area is 88.4 Å². The van der Waals surface area contributed by atoms with E-state index in [4.69, 9.17) is 10.5 Å². The lowest BCUT2D eigenvalue weighted by atomic mass is 9.87. The van der Waals surface area contributed by atoms with Crippen molar-refractivity contribution in [3.63, 3.8) is 0 Å². The fourth-order valence-electron chi connectivity index (χ4n) is 1.93. The van der Waals surface area contributed by atoms with Gasteiger partial charge in [-0.2, -0.15) is 0 Å². The normalized spacial score (nSPS) is 23.9. The quantitative estimate of drug-likeness (QED) is 0.664. The van der Waals surface area contributed by atoms with Crippen LogP contribution in [-0.4, -0.2) is 25.7 Å². The second kappa shape index (κ2) is 3.90. The van der Waals surface area contributed by atoms with Gasteiger partial charge in [0.1, 0.15) is 5.92 Å². The molecular weight excluding hydrogens is 192 g/mol. The van der Waals surface area contributed by atoms with Crippen LogP contribution in [0.5, 0.6) is 0 Å². The van der Waals surface area contributed by atoms with Crippen LogP contribution in [0.15, 0.2) is 24.3 Å². The van der Waals surface area contributed by atoms with E-state index < -0.39 is 0 Å². The molecule has 0 saturated carbocycles. The Bertz CT molecular complexity index is 379. The van der Waals surface area contributed by atoms with Crippen molar-refractivity contribution in [2.75, 3.05) is 19.0 Å². The third-order valence-corrected chi connectivity index (χ3v) is 2.71. The van der Waals surface area contributed by atoms with Crippen LogP contribution in [0.4, 0.5) is 5.69 Å². The number of nitrogens with one attached hydrogen (secondary N) is 1. The molecule has 0 aromatic heterocycles. The average molecular weight is 206 g/mol. The van der Waals surface area contributed by atoms with Crippen molar-refractivity contribution < 1.29 is 9.53 Å². The number of anilines is 1. The molecule has 0 aliphatic carbocycles. The number of rotatable bonds is 1. The number of hydrogen-bond donors (Lipinski definition) is 2. The number of ether oxygens (including phenoxy) is 1. The largest absolute Gasteiger partial charge is 0.469 e. The lowest BCUT2D eigenvalue weighted by Gasteiger charge is -2.30. The molecule has 2 atom stereocenters. The van der Waals surface area contributed by atoms with Gasteiger partial charge in [-0.15, -0.1) is 0 Å². The van der Waals surface area contributed by atoms with Crippen molar-refractivity contribution in [1.29, 1.82) is 0 Å². The standard InChI is InChI=1S/C11H14N2O2/c1-15-11(14)10-7-4-2-3-5-9(7)13-6-8(10)12/h2-5,8,10,13H,6,12H2,1H3. The summed E-state index contributed by atoms with van der Waals surface area (Å²) in [7, 11) is 1.39. The van der Waals surface area contributed by atoms with Crippen molar-refractivity contribution in [3.05, 3.63) is 29.8 Å². The Kier molecular flexibility index (Phi) is 2.60. The van der Waals surface area contributed by atoms with Gasteiger partial charge in [0, 0.05) is 18.3 Å². The third kappa shape index (κ3) is 1.68. The highest BCUT2D eigenvalue weighted by Gasteiger charge is 2.33. The van der Waals surface area contributed by atoms with Crippen LogP contribution in [0, 0.1) is 0 Å². The van der Waals surface area contributed by atoms with E-state index >= 15 is 0 Å². The molecule has 0 radical (unpaired) electrons. The van der Waals surface area contributed by atoms with Gasteiger partial charge in [-0.3, -0.25) is 4.79 Å². The van der Waals surface area contributed by atoms with E-state index in [0.29, 0.717) is 6.54 Å². The van der Waals surface area contributed by atoms with Crippen LogP contribution in [0.3, 0.4) is 0 Å². The second-order valence-corrected chi connectivity index (χ2v) is 3.63. The van der Waals surface area contributed by atoms with E-state index in [1.807, 2.05) is 24.3 Å². The number of para-hydroxylation sites is 1. The summed E-state index contributed by atoms with van der Waals surface area (Å²) in [6.45, 7) is 0.594. The number of esters is 1. The summed E-state index contributed by atoms with van der Waals surface area (Å²) in [6, 6.07) is 7.44. The Hall–Kier alpha value is -1.55. The first kappa shape index (κ1) is 9.98. The second-order valence-electron chi connectivity index (χ2n) is 3.63. The first-order valence-electron chi connectivity index (χ1n) is 4.90. The van der Waals surface area contributed by atoms with Gasteiger partial charge >= 0.3 is 5.97 Å². The van der Waals surface area contributed by atoms with Crippen molar-refractivity contribution in [1.82, 2.24) is 0 Å². The van der Waals surface area contributed by atoms with Crippen molar-refractivity contribution in [3.8, 4) is 0 Å². The minimum Gasteiger partial charge on any atom is -0.469 e. The Morgan fingerprint density at radius 2 is 2.27 bits per heavy atom. The zero-order valence-corrected chi connectivity index (χ0v) is 8.57. The molecule has 0 spiro atoms. The minimum absolute atomic E-state index is 0.229. The van der Waals surface area contributed by atoms with Gasteiger partial charge < -0.3 is 15.8 Å². The number of benzene rings is 1. The van der Waals surface area contributed by atoms with E-state index in [0.717, 1.165) is 11.3 Å². The van der Waals surface area contributed by atoms with E-state index in [9.17, 15) is 4.79 Å². The molecule has 1 aromatic rings. The van der Waals surface area contributed by atoms with Crippen molar-refractivity contribution >= 4 is 11.7 Å². The van der Waals surface area contributed by atoms with Crippen molar-refractivity contribution in [2.45, 2.75) is 12.0 Å². The molecule has 1 aromatic carbocycles. The number of nitrogens with two attached hydrogens (primary N) is 1. The van der Waals surface area contributed by atoms with Crippen LogP contribution in [0.2, 0.25) is 0 Å². The van der Waals surface area contributed by atoms with Gasteiger partial charge in [-0.1, -0.05) is 18.2 Å². The fourth-order valence-corrected chi connectivity index (χ4v) is 1.93. The minimum atomic E-state index is -0.354. The summed E-state index contributed by atoms with van der Waals surface area (Å²) in [4.78, 5) is 11.6. The predicted molar refractivity (Wildman–Crippen MR) is 57.7 cm³/mol. The molecule has 1 aliphatic rings. The van der Waals surface area contributed by atoms with E-state index in [-0.39, 0.29) is 17.9 Å². The fraction of sp³-hybridized carbons (Fsp3) is 0.364. The Morgan fingerprint density at radius 1 is 1.53 bits per heavy atom. The maximum atomic E-state index is 11.6. The summed E-state index contributed by atoms with van der Waals surface area (Å²) in [5.74, 6) is -0.621. The summed E-state index contributed by atoms with van der Waals surface area (Å²) < 4.78 is 4.77. The number of fused-ring (bicyclic) bond motifs is 1. The maximum Gasteiger partial charge on any atom is 0.314 e. The summed E-state index contributed by atoms with van der Waals surface area (Å²) in [6.07, 6.45) is 0. The average Bonchev–Trinajstić information content (AvgIpc) is 2.28. The van der Waals surface area contributed by atoms with E-state index in [1.54, 1.807) is 0 Å². The Morgan fingerprint density at radius 3 is 3.00 bits per heavy atom. The first-order valence-corrected chi connectivity index (χ1v) is 4.90. The molecule has 0 bridgehead atoms. The molecule has 0 saturated heterocycles. The van der Waals surface area contributed by atoms with Crippen LogP contribution >= 0.6 is 0 Å². The molecule has 4 heteroatoms. The third-order valence-electron chi connectivity index (χ3n) is 2.71. The lowest BCUT2D eigenvalue weighted by Crippen LogP contribution is -2.43. The molecule has 15 heavy (non-hydrogen) atoms. The number of methoxy groups -OCH3 is 1. The molecule has 1 heterocycles.